The quantitative estimate of drug-likeness (QED) is 0.338. The second-order valence-corrected chi connectivity index (χ2v) is 9.65. The van der Waals surface area contributed by atoms with Gasteiger partial charge in [0.15, 0.2) is 18.8 Å². The number of hydrogen-bond acceptors (Lipinski definition) is 5. The van der Waals surface area contributed by atoms with Crippen LogP contribution < -0.4 is 0 Å². The molecule has 0 spiro atoms. The summed E-state index contributed by atoms with van der Waals surface area (Å²) in [7, 11) is -5.63. The Labute approximate surface area is 71.0 Å². The summed E-state index contributed by atoms with van der Waals surface area (Å²) in [6, 6.07) is 0. The molecule has 0 fully saturated rings. The molecule has 2 N–H and O–H groups in total. The Morgan fingerprint density at radius 1 is 1.18 bits per heavy atom. The summed E-state index contributed by atoms with van der Waals surface area (Å²) in [4.78, 5) is 18.1. The minimum Gasteiger partial charge on any atom is -0.393 e. The zero-order valence-corrected chi connectivity index (χ0v) is 11.1. The van der Waals surface area contributed by atoms with Crippen molar-refractivity contribution < 1.29 is 22.9 Å². The smallest absolute Gasteiger partial charge is 0.393 e. The fraction of sp³-hybridized carbons (Fsp3) is 1.00. The molecule has 0 unspecified atom stereocenters. The Kier molecular flexibility index (Phi) is 4.07. The van der Waals surface area contributed by atoms with Gasteiger partial charge in [0, 0.05) is 0 Å². The van der Waals surface area contributed by atoms with Crippen LogP contribution in [0.1, 0.15) is 0 Å². The predicted molar refractivity (Wildman–Crippen MR) is 46.7 cm³/mol. The van der Waals surface area contributed by atoms with Crippen LogP contribution in [0.4, 0.5) is 0 Å². The number of hydrogen-bond donors (Lipinski definition) is 2. The topological polar surface area (TPSA) is 68.2 Å². The first-order valence-corrected chi connectivity index (χ1v) is 9.07. The first-order chi connectivity index (χ1) is 4.77. The van der Waals surface area contributed by atoms with Gasteiger partial charge in [-0.3, -0.25) is 0 Å². The van der Waals surface area contributed by atoms with Gasteiger partial charge in [0.2, 0.25) is 0 Å². The van der Waals surface area contributed by atoms with E-state index in [9.17, 15) is 0 Å². The van der Waals surface area contributed by atoms with Gasteiger partial charge in [-0.2, -0.15) is 0 Å². The van der Waals surface area contributed by atoms with Gasteiger partial charge in [-0.25, -0.2) is 4.58 Å². The lowest BCUT2D eigenvalue weighted by atomic mass is 11.8. The van der Waals surface area contributed by atoms with Gasteiger partial charge in [-0.1, -0.05) is 0 Å². The van der Waals surface area contributed by atoms with Crippen LogP contribution in [-0.4, -0.2) is 37.4 Å². The molecule has 0 bridgehead atoms. The predicted octanol–water partition coefficient (Wildman–Crippen LogP) is -1.51. The summed E-state index contributed by atoms with van der Waals surface area (Å²) in [5, 5.41) is 0. The van der Waals surface area contributed by atoms with E-state index < -0.39 is 17.4 Å². The molecule has 11 heavy (non-hydrogen) atoms. The van der Waals surface area contributed by atoms with E-state index in [1.165, 1.54) is 0 Å². The summed E-state index contributed by atoms with van der Waals surface area (Å²) in [5.41, 5.74) is 0. The molecular weight excluding hydrogens is 200 g/mol. The Hall–Kier alpha value is 0.451. The number of rotatable bonds is 4. The average molecular weight is 214 g/mol. The van der Waals surface area contributed by atoms with Crippen LogP contribution in [-0.2, 0) is 13.3 Å². The molecule has 0 saturated carbocycles. The molecule has 0 radical (unpaired) electrons. The van der Waals surface area contributed by atoms with Crippen LogP contribution in [0.2, 0.25) is 19.6 Å². The van der Waals surface area contributed by atoms with Crippen molar-refractivity contribution >= 4 is 27.9 Å². The van der Waals surface area contributed by atoms with Crippen LogP contribution in [0.25, 0.3) is 0 Å². The van der Waals surface area contributed by atoms with Crippen molar-refractivity contribution in [2.75, 3.05) is 0 Å². The molecule has 68 valence electrons. The van der Waals surface area contributed by atoms with E-state index in [-0.39, 0.29) is 10.5 Å². The molecular formula is C3H14O5Si3. The summed E-state index contributed by atoms with van der Waals surface area (Å²) in [6.07, 6.45) is 0. The van der Waals surface area contributed by atoms with Crippen LogP contribution >= 0.6 is 0 Å². The normalized spacial score (nSPS) is 13.9. The van der Waals surface area contributed by atoms with E-state index >= 15 is 0 Å². The van der Waals surface area contributed by atoms with Gasteiger partial charge >= 0.3 is 9.05 Å². The Balaban J connectivity index is 3.91. The minimum atomic E-state index is -3.96. The first-order valence-electron chi connectivity index (χ1n) is 3.13. The summed E-state index contributed by atoms with van der Waals surface area (Å²) in [5.74, 6) is 0. The fourth-order valence-electron chi connectivity index (χ4n) is 0.524. The van der Waals surface area contributed by atoms with Gasteiger partial charge in [0.25, 0.3) is 0 Å². The SMILES string of the molecule is C[Si](C)(C)O[Si](O)(O)OO[SiH3]. The lowest BCUT2D eigenvalue weighted by Crippen LogP contribution is -2.50. The van der Waals surface area contributed by atoms with E-state index in [2.05, 4.69) is 9.15 Å². The fourth-order valence-corrected chi connectivity index (χ4v) is 4.72. The molecule has 0 aromatic carbocycles. The second-order valence-electron chi connectivity index (χ2n) is 3.01. The molecule has 0 heterocycles. The van der Waals surface area contributed by atoms with Crippen LogP contribution in [0.5, 0.6) is 0 Å². The maximum atomic E-state index is 9.03. The standard InChI is InChI=1S/C3H14O5Si3/c1-10(2,3)8-11(4,5)7-6-9/h4-5H,1-3,9H3. The summed E-state index contributed by atoms with van der Waals surface area (Å²) in [6.45, 7) is 5.49. The lowest BCUT2D eigenvalue weighted by Gasteiger charge is -2.23. The largest absolute Gasteiger partial charge is 0.690 e. The monoisotopic (exact) mass is 214 g/mol. The highest BCUT2D eigenvalue weighted by molar-refractivity contribution is 6.77. The van der Waals surface area contributed by atoms with Crippen molar-refractivity contribution in [3.8, 4) is 0 Å². The third-order valence-electron chi connectivity index (χ3n) is 0.631. The highest BCUT2D eigenvalue weighted by Crippen LogP contribution is 2.09. The second kappa shape index (κ2) is 3.91. The van der Waals surface area contributed by atoms with Gasteiger partial charge in [-0.05, 0) is 19.6 Å². The molecule has 0 amide bonds. The van der Waals surface area contributed by atoms with E-state index in [4.69, 9.17) is 13.7 Å². The Morgan fingerprint density at radius 2 is 1.64 bits per heavy atom. The molecule has 0 atom stereocenters. The van der Waals surface area contributed by atoms with Crippen molar-refractivity contribution in [2.45, 2.75) is 19.6 Å². The summed E-state index contributed by atoms with van der Waals surface area (Å²) >= 11 is 0. The molecule has 0 aliphatic rings. The lowest BCUT2D eigenvalue weighted by molar-refractivity contribution is -0.171. The van der Waals surface area contributed by atoms with E-state index in [0.717, 1.165) is 0 Å². The van der Waals surface area contributed by atoms with Crippen molar-refractivity contribution in [2.24, 2.45) is 0 Å². The van der Waals surface area contributed by atoms with Gasteiger partial charge in [0.1, 0.15) is 0 Å². The van der Waals surface area contributed by atoms with Crippen molar-refractivity contribution in [1.29, 1.82) is 0 Å². The highest BCUT2D eigenvalue weighted by Gasteiger charge is 2.42. The zero-order chi connectivity index (χ0) is 9.12. The van der Waals surface area contributed by atoms with E-state index in [0.29, 0.717) is 0 Å². The molecule has 0 aliphatic carbocycles. The molecule has 0 rings (SSSR count). The van der Waals surface area contributed by atoms with Crippen LogP contribution in [0.3, 0.4) is 0 Å². The van der Waals surface area contributed by atoms with Gasteiger partial charge < -0.3 is 18.3 Å². The average Bonchev–Trinajstić information content (AvgIpc) is 1.55. The zero-order valence-electron chi connectivity index (χ0n) is 7.12. The van der Waals surface area contributed by atoms with E-state index in [1.807, 2.05) is 19.6 Å². The molecule has 0 aromatic rings. The molecule has 8 heteroatoms. The molecule has 0 saturated heterocycles. The van der Waals surface area contributed by atoms with Gasteiger partial charge in [-0.15, -0.1) is 0 Å². The third-order valence-corrected chi connectivity index (χ3v) is 5.03. The van der Waals surface area contributed by atoms with Crippen molar-refractivity contribution in [3.05, 3.63) is 0 Å². The maximum Gasteiger partial charge on any atom is 0.690 e. The molecule has 5 nitrogen and oxygen atoms in total. The van der Waals surface area contributed by atoms with Crippen molar-refractivity contribution in [3.63, 3.8) is 0 Å². The third kappa shape index (κ3) is 6.83. The van der Waals surface area contributed by atoms with Gasteiger partial charge in [0.05, 0.1) is 0 Å². The Bertz CT molecular complexity index is 121. The highest BCUT2D eigenvalue weighted by atomic mass is 28.5. The summed E-state index contributed by atoms with van der Waals surface area (Å²) < 4.78 is 13.4. The molecule has 0 aliphatic heterocycles. The molecule has 0 aromatic heterocycles. The maximum absolute atomic E-state index is 9.03. The Morgan fingerprint density at radius 3 is 1.91 bits per heavy atom. The van der Waals surface area contributed by atoms with Crippen LogP contribution in [0, 0.1) is 0 Å². The minimum absolute atomic E-state index is 0.289. The van der Waals surface area contributed by atoms with Crippen LogP contribution in [0.15, 0.2) is 0 Å². The van der Waals surface area contributed by atoms with E-state index in [1.54, 1.807) is 0 Å². The van der Waals surface area contributed by atoms with Crippen molar-refractivity contribution in [1.82, 2.24) is 0 Å². The first kappa shape index (κ1) is 11.5.